The van der Waals surface area contributed by atoms with Gasteiger partial charge < -0.3 is 10.6 Å². The van der Waals surface area contributed by atoms with Crippen molar-refractivity contribution >= 4 is 18.3 Å². The molecule has 5 nitrogen and oxygen atoms in total. The van der Waals surface area contributed by atoms with Gasteiger partial charge in [-0.2, -0.15) is 5.10 Å². The topological polar surface area (TPSA) is 59.0 Å². The van der Waals surface area contributed by atoms with Gasteiger partial charge in [-0.1, -0.05) is 30.3 Å². The van der Waals surface area contributed by atoms with Crippen LogP contribution in [0.2, 0.25) is 0 Å². The highest BCUT2D eigenvalue weighted by Crippen LogP contribution is 2.05. The molecule has 1 fully saturated rings. The summed E-state index contributed by atoms with van der Waals surface area (Å²) in [5.74, 6) is 0.258. The predicted octanol–water partition coefficient (Wildman–Crippen LogP) is 1.19. The van der Waals surface area contributed by atoms with Crippen molar-refractivity contribution in [1.82, 2.24) is 20.4 Å². The van der Waals surface area contributed by atoms with Crippen LogP contribution in [0.4, 0.5) is 0 Å². The fraction of sp³-hybridized carbons (Fsp3) is 0.333. The maximum absolute atomic E-state index is 11.7. The Morgan fingerprint density at radius 2 is 2.05 bits per heavy atom. The molecule has 1 aliphatic rings. The number of nitrogens with zero attached hydrogens (tertiary/aromatic N) is 2. The van der Waals surface area contributed by atoms with Gasteiger partial charge in [0.25, 0.3) is 0 Å². The molecule has 1 aromatic heterocycles. The van der Waals surface area contributed by atoms with Gasteiger partial charge in [0.15, 0.2) is 0 Å². The van der Waals surface area contributed by atoms with Crippen LogP contribution in [-0.2, 0) is 17.9 Å². The van der Waals surface area contributed by atoms with Gasteiger partial charge in [0.2, 0.25) is 5.91 Å². The van der Waals surface area contributed by atoms with Crippen molar-refractivity contribution in [3.63, 3.8) is 0 Å². The third kappa shape index (κ3) is 4.06. The molecule has 2 N–H and O–H groups in total. The van der Waals surface area contributed by atoms with Gasteiger partial charge in [-0.05, 0) is 5.56 Å². The van der Waals surface area contributed by atoms with Crippen LogP contribution in [0.25, 0.3) is 0 Å². The van der Waals surface area contributed by atoms with E-state index in [-0.39, 0.29) is 24.2 Å². The predicted molar refractivity (Wildman–Crippen MR) is 83.2 cm³/mol. The third-order valence-corrected chi connectivity index (χ3v) is 3.49. The minimum absolute atomic E-state index is 0. The minimum atomic E-state index is 0. The molecule has 1 aromatic carbocycles. The molecule has 0 radical (unpaired) electrons. The first-order chi connectivity index (χ1) is 9.81. The summed E-state index contributed by atoms with van der Waals surface area (Å²) in [5.41, 5.74) is 2.24. The summed E-state index contributed by atoms with van der Waals surface area (Å²) in [7, 11) is 0. The molecular weight excluding hydrogens is 288 g/mol. The molecule has 112 valence electrons. The second-order valence-corrected chi connectivity index (χ2v) is 5.10. The second kappa shape index (κ2) is 7.24. The highest BCUT2D eigenvalue weighted by molar-refractivity contribution is 5.85. The molecule has 1 saturated heterocycles. The molecule has 0 atom stereocenters. The lowest BCUT2D eigenvalue weighted by molar-refractivity contribution is -0.126. The van der Waals surface area contributed by atoms with Crippen LogP contribution in [0.3, 0.4) is 0 Å². The Kier molecular flexibility index (Phi) is 5.36. The first-order valence-corrected chi connectivity index (χ1v) is 6.85. The number of nitrogens with one attached hydrogen (secondary N) is 2. The van der Waals surface area contributed by atoms with E-state index >= 15 is 0 Å². The smallest absolute Gasteiger partial charge is 0.225 e. The molecular formula is C15H19ClN4O. The van der Waals surface area contributed by atoms with Crippen molar-refractivity contribution in [3.05, 3.63) is 53.9 Å². The Balaban J connectivity index is 0.00000161. The Morgan fingerprint density at radius 3 is 2.71 bits per heavy atom. The van der Waals surface area contributed by atoms with Crippen LogP contribution < -0.4 is 10.6 Å². The van der Waals surface area contributed by atoms with Crippen molar-refractivity contribution < 1.29 is 4.79 Å². The Bertz CT molecular complexity index is 580. The molecule has 2 aromatic rings. The summed E-state index contributed by atoms with van der Waals surface area (Å²) in [6.07, 6.45) is 3.79. The standard InChI is InChI=1S/C15H18N4O.ClH/c20-15(14-8-16-9-14)17-6-13-7-18-19(11-13)10-12-4-2-1-3-5-12;/h1-5,7,11,14,16H,6,8-10H2,(H,17,20);1H. The number of halogens is 1. The lowest BCUT2D eigenvalue weighted by atomic mass is 10.0. The quantitative estimate of drug-likeness (QED) is 0.872. The van der Waals surface area contributed by atoms with Crippen molar-refractivity contribution in [1.29, 1.82) is 0 Å². The third-order valence-electron chi connectivity index (χ3n) is 3.49. The summed E-state index contributed by atoms with van der Waals surface area (Å²) in [5, 5.41) is 10.4. The molecule has 6 heteroatoms. The summed E-state index contributed by atoms with van der Waals surface area (Å²) in [6.45, 7) is 2.88. The average Bonchev–Trinajstić information content (AvgIpc) is 2.83. The minimum Gasteiger partial charge on any atom is -0.352 e. The first-order valence-electron chi connectivity index (χ1n) is 6.85. The van der Waals surface area contributed by atoms with Crippen LogP contribution in [0.15, 0.2) is 42.7 Å². The van der Waals surface area contributed by atoms with E-state index in [2.05, 4.69) is 27.9 Å². The number of benzene rings is 1. The summed E-state index contributed by atoms with van der Waals surface area (Å²) in [4.78, 5) is 11.7. The maximum Gasteiger partial charge on any atom is 0.225 e. The van der Waals surface area contributed by atoms with Gasteiger partial charge in [-0.25, -0.2) is 0 Å². The Morgan fingerprint density at radius 1 is 1.29 bits per heavy atom. The zero-order valence-corrected chi connectivity index (χ0v) is 12.5. The maximum atomic E-state index is 11.7. The van der Waals surface area contributed by atoms with Crippen LogP contribution in [0.5, 0.6) is 0 Å². The molecule has 1 aliphatic heterocycles. The number of carbonyl (C=O) groups is 1. The molecule has 3 rings (SSSR count). The number of rotatable bonds is 5. The molecule has 21 heavy (non-hydrogen) atoms. The van der Waals surface area contributed by atoms with Crippen molar-refractivity contribution in [2.24, 2.45) is 5.92 Å². The van der Waals surface area contributed by atoms with Crippen LogP contribution in [-0.4, -0.2) is 28.8 Å². The first kappa shape index (κ1) is 15.5. The summed E-state index contributed by atoms with van der Waals surface area (Å²) < 4.78 is 1.89. The highest BCUT2D eigenvalue weighted by Gasteiger charge is 2.24. The molecule has 2 heterocycles. The molecule has 0 unspecified atom stereocenters. The van der Waals surface area contributed by atoms with Gasteiger partial charge in [0.05, 0.1) is 18.7 Å². The Hall–Kier alpha value is -1.85. The van der Waals surface area contributed by atoms with Crippen LogP contribution in [0, 0.1) is 5.92 Å². The lowest BCUT2D eigenvalue weighted by Crippen LogP contribution is -2.50. The van der Waals surface area contributed by atoms with E-state index < -0.39 is 0 Å². The van der Waals surface area contributed by atoms with E-state index in [0.29, 0.717) is 6.54 Å². The highest BCUT2D eigenvalue weighted by atomic mass is 35.5. The molecule has 1 amide bonds. The number of aromatic nitrogens is 2. The average molecular weight is 307 g/mol. The Labute approximate surface area is 130 Å². The largest absolute Gasteiger partial charge is 0.352 e. The summed E-state index contributed by atoms with van der Waals surface area (Å²) in [6, 6.07) is 10.2. The van der Waals surface area contributed by atoms with E-state index in [9.17, 15) is 4.79 Å². The summed E-state index contributed by atoms with van der Waals surface area (Å²) >= 11 is 0. The zero-order chi connectivity index (χ0) is 13.8. The van der Waals surface area contributed by atoms with Gasteiger partial charge >= 0.3 is 0 Å². The number of amides is 1. The SMILES string of the molecule is Cl.O=C(NCc1cnn(Cc2ccccc2)c1)C1CNC1. The second-order valence-electron chi connectivity index (χ2n) is 5.10. The van der Waals surface area contributed by atoms with Crippen molar-refractivity contribution in [2.75, 3.05) is 13.1 Å². The van der Waals surface area contributed by atoms with Crippen LogP contribution in [0.1, 0.15) is 11.1 Å². The van der Waals surface area contributed by atoms with Crippen LogP contribution >= 0.6 is 12.4 Å². The van der Waals surface area contributed by atoms with E-state index in [1.807, 2.05) is 35.3 Å². The molecule has 0 bridgehead atoms. The van der Waals surface area contributed by atoms with Gasteiger partial charge in [-0.3, -0.25) is 9.48 Å². The molecule has 0 aliphatic carbocycles. The van der Waals surface area contributed by atoms with E-state index in [0.717, 1.165) is 25.2 Å². The number of hydrogen-bond acceptors (Lipinski definition) is 3. The van der Waals surface area contributed by atoms with Gasteiger partial charge in [0.1, 0.15) is 0 Å². The fourth-order valence-electron chi connectivity index (χ4n) is 2.16. The zero-order valence-electron chi connectivity index (χ0n) is 11.7. The van der Waals surface area contributed by atoms with Crippen molar-refractivity contribution in [3.8, 4) is 0 Å². The van der Waals surface area contributed by atoms with E-state index in [1.54, 1.807) is 0 Å². The molecule has 0 spiro atoms. The molecule has 0 saturated carbocycles. The lowest BCUT2D eigenvalue weighted by Gasteiger charge is -2.25. The van der Waals surface area contributed by atoms with Gasteiger partial charge in [0, 0.05) is 31.4 Å². The van der Waals surface area contributed by atoms with E-state index in [4.69, 9.17) is 0 Å². The van der Waals surface area contributed by atoms with Gasteiger partial charge in [-0.15, -0.1) is 12.4 Å². The van der Waals surface area contributed by atoms with Crippen molar-refractivity contribution in [2.45, 2.75) is 13.1 Å². The monoisotopic (exact) mass is 306 g/mol. The van der Waals surface area contributed by atoms with E-state index in [1.165, 1.54) is 5.56 Å². The fourth-order valence-corrected chi connectivity index (χ4v) is 2.16. The normalized spacial score (nSPS) is 14.1. The number of carbonyl (C=O) groups excluding carboxylic acids is 1. The number of hydrogen-bond donors (Lipinski definition) is 2.